The zero-order valence-corrected chi connectivity index (χ0v) is 13.6. The first kappa shape index (κ1) is 16.2. The fraction of sp³-hybridized carbons (Fsp3) is 1.00. The molecule has 1 aliphatic heterocycles. The van der Waals surface area contributed by atoms with Crippen molar-refractivity contribution in [3.63, 3.8) is 0 Å². The summed E-state index contributed by atoms with van der Waals surface area (Å²) in [6, 6.07) is 1.33. The van der Waals surface area contributed by atoms with Crippen LogP contribution in [0.5, 0.6) is 0 Å². The van der Waals surface area contributed by atoms with E-state index in [1.165, 1.54) is 26.1 Å². The lowest BCUT2D eigenvalue weighted by Crippen LogP contribution is -2.55. The summed E-state index contributed by atoms with van der Waals surface area (Å²) in [4.78, 5) is 5.24. The monoisotopic (exact) mass is 283 g/mol. The summed E-state index contributed by atoms with van der Waals surface area (Å²) in [6.45, 7) is 12.8. The third-order valence-electron chi connectivity index (χ3n) is 5.35. The minimum Gasteiger partial charge on any atom is -0.394 e. The zero-order valence-electron chi connectivity index (χ0n) is 13.6. The van der Waals surface area contributed by atoms with E-state index in [4.69, 9.17) is 0 Å². The predicted octanol–water partition coefficient (Wildman–Crippen LogP) is 1.30. The first-order chi connectivity index (χ1) is 9.64. The standard InChI is InChI=1S/C16H33N3O/c1-4-8-17-16(13-20)7-6-15(11-16)19-10-9-18(5-2)14(3)12-19/h14-15,17,20H,4-13H2,1-3H3. The van der Waals surface area contributed by atoms with Gasteiger partial charge in [0.15, 0.2) is 0 Å². The molecule has 0 bridgehead atoms. The van der Waals surface area contributed by atoms with Crippen LogP contribution < -0.4 is 5.32 Å². The normalized spacial score (nSPS) is 36.6. The second-order valence-electron chi connectivity index (χ2n) is 6.73. The van der Waals surface area contributed by atoms with Gasteiger partial charge in [0.2, 0.25) is 0 Å². The third kappa shape index (κ3) is 3.53. The average Bonchev–Trinajstić information content (AvgIpc) is 2.90. The van der Waals surface area contributed by atoms with Crippen molar-refractivity contribution in [3.8, 4) is 0 Å². The molecule has 0 aromatic rings. The van der Waals surface area contributed by atoms with Gasteiger partial charge in [-0.3, -0.25) is 9.80 Å². The van der Waals surface area contributed by atoms with Crippen molar-refractivity contribution in [2.75, 3.05) is 39.3 Å². The summed E-state index contributed by atoms with van der Waals surface area (Å²) < 4.78 is 0. The van der Waals surface area contributed by atoms with Crippen molar-refractivity contribution in [1.29, 1.82) is 0 Å². The summed E-state index contributed by atoms with van der Waals surface area (Å²) in [6.07, 6.45) is 4.60. The number of likely N-dealkylation sites (N-methyl/N-ethyl adjacent to an activating group) is 1. The van der Waals surface area contributed by atoms with Crippen LogP contribution in [0.3, 0.4) is 0 Å². The predicted molar refractivity (Wildman–Crippen MR) is 84.0 cm³/mol. The molecular weight excluding hydrogens is 250 g/mol. The lowest BCUT2D eigenvalue weighted by molar-refractivity contribution is 0.0551. The smallest absolute Gasteiger partial charge is 0.0613 e. The van der Waals surface area contributed by atoms with Crippen LogP contribution >= 0.6 is 0 Å². The SMILES string of the molecule is CCCNC1(CO)CCC(N2CCN(CC)C(C)C2)C1. The van der Waals surface area contributed by atoms with Gasteiger partial charge in [0, 0.05) is 37.3 Å². The molecule has 1 saturated heterocycles. The fourth-order valence-electron chi connectivity index (χ4n) is 3.98. The van der Waals surface area contributed by atoms with E-state index >= 15 is 0 Å². The van der Waals surface area contributed by atoms with Crippen molar-refractivity contribution in [3.05, 3.63) is 0 Å². The van der Waals surface area contributed by atoms with Gasteiger partial charge in [-0.05, 0) is 45.7 Å². The molecule has 3 unspecified atom stereocenters. The number of hydrogen-bond donors (Lipinski definition) is 2. The second kappa shape index (κ2) is 7.21. The molecule has 2 N–H and O–H groups in total. The van der Waals surface area contributed by atoms with Crippen LogP contribution in [0.15, 0.2) is 0 Å². The second-order valence-corrected chi connectivity index (χ2v) is 6.73. The molecule has 0 aromatic carbocycles. The highest BCUT2D eigenvalue weighted by molar-refractivity contribution is 5.00. The van der Waals surface area contributed by atoms with Crippen LogP contribution in [-0.2, 0) is 0 Å². The van der Waals surface area contributed by atoms with E-state index in [1.54, 1.807) is 0 Å². The summed E-state index contributed by atoms with van der Waals surface area (Å²) in [7, 11) is 0. The topological polar surface area (TPSA) is 38.7 Å². The quantitative estimate of drug-likeness (QED) is 0.771. The van der Waals surface area contributed by atoms with Crippen molar-refractivity contribution in [2.45, 2.75) is 64.1 Å². The summed E-state index contributed by atoms with van der Waals surface area (Å²) in [5.74, 6) is 0. The molecule has 0 radical (unpaired) electrons. The fourth-order valence-corrected chi connectivity index (χ4v) is 3.98. The van der Waals surface area contributed by atoms with Gasteiger partial charge in [0.25, 0.3) is 0 Å². The number of piperazine rings is 1. The minimum absolute atomic E-state index is 0.00813. The van der Waals surface area contributed by atoms with E-state index in [0.717, 1.165) is 32.4 Å². The molecule has 0 aromatic heterocycles. The molecule has 4 heteroatoms. The van der Waals surface area contributed by atoms with Gasteiger partial charge >= 0.3 is 0 Å². The highest BCUT2D eigenvalue weighted by Crippen LogP contribution is 2.33. The summed E-state index contributed by atoms with van der Waals surface area (Å²) in [5, 5.41) is 13.4. The maximum atomic E-state index is 9.80. The maximum absolute atomic E-state index is 9.80. The lowest BCUT2D eigenvalue weighted by Gasteiger charge is -2.42. The third-order valence-corrected chi connectivity index (χ3v) is 5.35. The Morgan fingerprint density at radius 3 is 2.70 bits per heavy atom. The van der Waals surface area contributed by atoms with E-state index in [1.807, 2.05) is 0 Å². The molecule has 4 nitrogen and oxygen atoms in total. The van der Waals surface area contributed by atoms with Crippen LogP contribution in [-0.4, -0.2) is 71.9 Å². The Morgan fingerprint density at radius 1 is 1.30 bits per heavy atom. The molecule has 2 fully saturated rings. The summed E-state index contributed by atoms with van der Waals surface area (Å²) >= 11 is 0. The Balaban J connectivity index is 1.89. The van der Waals surface area contributed by atoms with Crippen LogP contribution in [0, 0.1) is 0 Å². The van der Waals surface area contributed by atoms with Crippen molar-refractivity contribution < 1.29 is 5.11 Å². The largest absolute Gasteiger partial charge is 0.394 e. The minimum atomic E-state index is -0.00813. The number of nitrogens with one attached hydrogen (secondary N) is 1. The first-order valence-electron chi connectivity index (χ1n) is 8.48. The van der Waals surface area contributed by atoms with E-state index in [0.29, 0.717) is 12.1 Å². The van der Waals surface area contributed by atoms with Gasteiger partial charge in [0.1, 0.15) is 0 Å². The summed E-state index contributed by atoms with van der Waals surface area (Å²) in [5.41, 5.74) is -0.00813. The van der Waals surface area contributed by atoms with Gasteiger partial charge < -0.3 is 10.4 Å². The van der Waals surface area contributed by atoms with Crippen molar-refractivity contribution >= 4 is 0 Å². The zero-order chi connectivity index (χ0) is 14.6. The van der Waals surface area contributed by atoms with Gasteiger partial charge in [-0.1, -0.05) is 13.8 Å². The first-order valence-corrected chi connectivity index (χ1v) is 8.48. The molecule has 2 aliphatic rings. The maximum Gasteiger partial charge on any atom is 0.0613 e. The molecule has 1 aliphatic carbocycles. The Kier molecular flexibility index (Phi) is 5.84. The molecule has 20 heavy (non-hydrogen) atoms. The van der Waals surface area contributed by atoms with Crippen molar-refractivity contribution in [1.82, 2.24) is 15.1 Å². The van der Waals surface area contributed by atoms with Crippen LogP contribution in [0.25, 0.3) is 0 Å². The Morgan fingerprint density at radius 2 is 2.10 bits per heavy atom. The Bertz CT molecular complexity index is 299. The molecule has 118 valence electrons. The van der Waals surface area contributed by atoms with E-state index in [-0.39, 0.29) is 12.1 Å². The molecule has 1 saturated carbocycles. The van der Waals surface area contributed by atoms with Gasteiger partial charge in [-0.25, -0.2) is 0 Å². The van der Waals surface area contributed by atoms with Crippen molar-refractivity contribution in [2.24, 2.45) is 0 Å². The van der Waals surface area contributed by atoms with Crippen LogP contribution in [0.4, 0.5) is 0 Å². The highest BCUT2D eigenvalue weighted by atomic mass is 16.3. The number of aliphatic hydroxyl groups excluding tert-OH is 1. The molecule has 3 atom stereocenters. The van der Waals surface area contributed by atoms with Crippen LogP contribution in [0.2, 0.25) is 0 Å². The Hall–Kier alpha value is -0.160. The molecule has 2 rings (SSSR count). The molecule has 0 spiro atoms. The highest BCUT2D eigenvalue weighted by Gasteiger charge is 2.41. The van der Waals surface area contributed by atoms with Crippen LogP contribution in [0.1, 0.15) is 46.5 Å². The molecule has 0 amide bonds. The number of nitrogens with zero attached hydrogens (tertiary/aromatic N) is 2. The Labute approximate surface area is 124 Å². The van der Waals surface area contributed by atoms with Gasteiger partial charge in [-0.15, -0.1) is 0 Å². The van der Waals surface area contributed by atoms with E-state index < -0.39 is 0 Å². The number of aliphatic hydroxyl groups is 1. The lowest BCUT2D eigenvalue weighted by atomic mass is 9.97. The average molecular weight is 283 g/mol. The van der Waals surface area contributed by atoms with Gasteiger partial charge in [0.05, 0.1) is 6.61 Å². The molecule has 1 heterocycles. The number of rotatable bonds is 6. The van der Waals surface area contributed by atoms with Gasteiger partial charge in [-0.2, -0.15) is 0 Å². The number of hydrogen-bond acceptors (Lipinski definition) is 4. The van der Waals surface area contributed by atoms with E-state index in [9.17, 15) is 5.11 Å². The van der Waals surface area contributed by atoms with E-state index in [2.05, 4.69) is 35.9 Å². The molecular formula is C16H33N3O.